The van der Waals surface area contributed by atoms with E-state index in [0.717, 1.165) is 0 Å². The zero-order valence-corrected chi connectivity index (χ0v) is 10.4. The van der Waals surface area contributed by atoms with Crippen molar-refractivity contribution in [3.05, 3.63) is 17.5 Å². The van der Waals surface area contributed by atoms with E-state index in [1.165, 1.54) is 6.20 Å². The zero-order valence-electron chi connectivity index (χ0n) is 10.4. The van der Waals surface area contributed by atoms with Crippen molar-refractivity contribution >= 4 is 11.9 Å². The lowest BCUT2D eigenvalue weighted by Crippen LogP contribution is -2.53. The first-order chi connectivity index (χ1) is 8.50. The number of nitrogens with one attached hydrogen (secondary N) is 1. The summed E-state index contributed by atoms with van der Waals surface area (Å²) in [7, 11) is 1.70. The van der Waals surface area contributed by atoms with Crippen LogP contribution in [0, 0.1) is 0 Å². The molecule has 0 radical (unpaired) electrons. The normalized spacial score (nSPS) is 20.8. The Bertz CT molecular complexity index is 483. The molecule has 1 aliphatic heterocycles. The van der Waals surface area contributed by atoms with Crippen molar-refractivity contribution in [3.8, 4) is 0 Å². The van der Waals surface area contributed by atoms with Crippen LogP contribution in [0.15, 0.2) is 6.20 Å². The maximum Gasteiger partial charge on any atom is 0.339 e. The van der Waals surface area contributed by atoms with Crippen molar-refractivity contribution in [2.45, 2.75) is 19.5 Å². The highest BCUT2D eigenvalue weighted by atomic mass is 16.4. The van der Waals surface area contributed by atoms with E-state index in [2.05, 4.69) is 10.4 Å². The highest BCUT2D eigenvalue weighted by molar-refractivity contribution is 5.88. The first kappa shape index (κ1) is 12.6. The molecule has 1 aromatic rings. The molecule has 7 heteroatoms. The maximum absolute atomic E-state index is 11.5. The number of carboxylic acids is 1. The number of hydrogen-bond donors (Lipinski definition) is 2. The molecule has 98 valence electrons. The van der Waals surface area contributed by atoms with Crippen molar-refractivity contribution in [1.82, 2.24) is 20.0 Å². The summed E-state index contributed by atoms with van der Waals surface area (Å²) in [5.74, 6) is -1.02. The number of amides is 1. The summed E-state index contributed by atoms with van der Waals surface area (Å²) in [5, 5.41) is 15.8. The topological polar surface area (TPSA) is 87.5 Å². The van der Waals surface area contributed by atoms with Crippen molar-refractivity contribution < 1.29 is 14.7 Å². The lowest BCUT2D eigenvalue weighted by molar-refractivity contribution is -0.128. The summed E-state index contributed by atoms with van der Waals surface area (Å²) in [6, 6.07) is -0.254. The standard InChI is InChI=1S/C11H16N4O3/c1-7-10(16)12-3-4-15(7)6-9-8(11(17)18)5-13-14(9)2/h5,7H,3-4,6H2,1-2H3,(H,12,16)(H,17,18). The maximum atomic E-state index is 11.5. The van der Waals surface area contributed by atoms with Crippen LogP contribution < -0.4 is 5.32 Å². The van der Waals surface area contributed by atoms with Crippen LogP contribution in [0.1, 0.15) is 23.0 Å². The number of carboxylic acid groups (broad SMARTS) is 1. The first-order valence-electron chi connectivity index (χ1n) is 5.76. The summed E-state index contributed by atoms with van der Waals surface area (Å²) in [6.07, 6.45) is 1.34. The molecule has 0 saturated carbocycles. The number of aromatic carboxylic acids is 1. The van der Waals surface area contributed by atoms with Crippen LogP contribution in [0.2, 0.25) is 0 Å². The average molecular weight is 252 g/mol. The molecule has 0 spiro atoms. The van der Waals surface area contributed by atoms with Gasteiger partial charge in [0.2, 0.25) is 5.91 Å². The third-order valence-corrected chi connectivity index (χ3v) is 3.27. The number of carbonyl (C=O) groups excluding carboxylic acids is 1. The quantitative estimate of drug-likeness (QED) is 0.753. The first-order valence-corrected chi connectivity index (χ1v) is 5.76. The van der Waals surface area contributed by atoms with Crippen molar-refractivity contribution in [2.75, 3.05) is 13.1 Å². The summed E-state index contributed by atoms with van der Waals surface area (Å²) in [4.78, 5) is 24.6. The number of piperazine rings is 1. The van der Waals surface area contributed by atoms with Crippen molar-refractivity contribution in [2.24, 2.45) is 7.05 Å². The van der Waals surface area contributed by atoms with Crippen LogP contribution in [0.3, 0.4) is 0 Å². The number of hydrogen-bond acceptors (Lipinski definition) is 4. The Balaban J connectivity index is 2.20. The molecule has 0 bridgehead atoms. The van der Waals surface area contributed by atoms with Crippen molar-refractivity contribution in [1.29, 1.82) is 0 Å². The molecule has 0 aromatic carbocycles. The molecular formula is C11H16N4O3. The van der Waals surface area contributed by atoms with E-state index in [1.54, 1.807) is 11.7 Å². The third-order valence-electron chi connectivity index (χ3n) is 3.27. The van der Waals surface area contributed by atoms with Crippen LogP contribution in [0.25, 0.3) is 0 Å². The summed E-state index contributed by atoms with van der Waals surface area (Å²) in [5.41, 5.74) is 0.805. The second kappa shape index (κ2) is 4.77. The van der Waals surface area contributed by atoms with Gasteiger partial charge in [-0.3, -0.25) is 14.4 Å². The molecule has 1 saturated heterocycles. The lowest BCUT2D eigenvalue weighted by atomic mass is 10.1. The van der Waals surface area contributed by atoms with Gasteiger partial charge in [-0.15, -0.1) is 0 Å². The fourth-order valence-electron chi connectivity index (χ4n) is 2.07. The van der Waals surface area contributed by atoms with E-state index in [-0.39, 0.29) is 17.5 Å². The van der Waals surface area contributed by atoms with Crippen molar-refractivity contribution in [3.63, 3.8) is 0 Å². The number of aromatic nitrogens is 2. The SMILES string of the molecule is CC1C(=O)NCCN1Cc1c(C(=O)O)cnn1C. The van der Waals surface area contributed by atoms with Gasteiger partial charge in [-0.1, -0.05) is 0 Å². The molecule has 1 fully saturated rings. The van der Waals surface area contributed by atoms with Gasteiger partial charge >= 0.3 is 5.97 Å². The molecular weight excluding hydrogens is 236 g/mol. The minimum Gasteiger partial charge on any atom is -0.478 e. The van der Waals surface area contributed by atoms with E-state index in [4.69, 9.17) is 5.11 Å². The highest BCUT2D eigenvalue weighted by Gasteiger charge is 2.27. The molecule has 2 N–H and O–H groups in total. The predicted molar refractivity (Wildman–Crippen MR) is 63.0 cm³/mol. The fraction of sp³-hybridized carbons (Fsp3) is 0.545. The van der Waals surface area contributed by atoms with E-state index in [0.29, 0.717) is 25.3 Å². The highest BCUT2D eigenvalue weighted by Crippen LogP contribution is 2.14. The molecule has 1 amide bonds. The molecule has 1 unspecified atom stereocenters. The summed E-state index contributed by atoms with van der Waals surface area (Å²) < 4.78 is 1.54. The fourth-order valence-corrected chi connectivity index (χ4v) is 2.07. The van der Waals surface area contributed by atoms with Crippen LogP contribution in [-0.2, 0) is 18.4 Å². The summed E-state index contributed by atoms with van der Waals surface area (Å²) >= 11 is 0. The zero-order chi connectivity index (χ0) is 13.3. The lowest BCUT2D eigenvalue weighted by Gasteiger charge is -2.32. The number of aryl methyl sites for hydroxylation is 1. The van der Waals surface area contributed by atoms with Gasteiger partial charge in [0, 0.05) is 26.7 Å². The minimum atomic E-state index is -0.993. The van der Waals surface area contributed by atoms with Crippen LogP contribution >= 0.6 is 0 Å². The molecule has 0 aliphatic carbocycles. The third kappa shape index (κ3) is 2.21. The number of carbonyl (C=O) groups is 2. The van der Waals surface area contributed by atoms with Gasteiger partial charge in [0.25, 0.3) is 0 Å². The second-order valence-electron chi connectivity index (χ2n) is 4.37. The monoisotopic (exact) mass is 252 g/mol. The van der Waals surface area contributed by atoms with E-state index < -0.39 is 5.97 Å². The Hall–Kier alpha value is -1.89. The smallest absolute Gasteiger partial charge is 0.339 e. The molecule has 18 heavy (non-hydrogen) atoms. The molecule has 1 aliphatic rings. The Morgan fingerprint density at radius 2 is 2.39 bits per heavy atom. The molecule has 1 atom stereocenters. The number of rotatable bonds is 3. The van der Waals surface area contributed by atoms with E-state index in [9.17, 15) is 9.59 Å². The molecule has 2 heterocycles. The van der Waals surface area contributed by atoms with Gasteiger partial charge in [-0.2, -0.15) is 5.10 Å². The van der Waals surface area contributed by atoms with Crippen LogP contribution in [0.5, 0.6) is 0 Å². The van der Waals surface area contributed by atoms with E-state index >= 15 is 0 Å². The molecule has 1 aromatic heterocycles. The minimum absolute atomic E-state index is 0.0275. The summed E-state index contributed by atoms with van der Waals surface area (Å²) in [6.45, 7) is 3.51. The Morgan fingerprint density at radius 3 is 3.06 bits per heavy atom. The predicted octanol–water partition coefficient (Wildman–Crippen LogP) is -0.561. The van der Waals surface area contributed by atoms with E-state index in [1.807, 2.05) is 11.8 Å². The Morgan fingerprint density at radius 1 is 1.67 bits per heavy atom. The van der Waals surface area contributed by atoms with Gasteiger partial charge in [0.15, 0.2) is 0 Å². The number of nitrogens with zero attached hydrogens (tertiary/aromatic N) is 3. The largest absolute Gasteiger partial charge is 0.478 e. The molecule has 2 rings (SSSR count). The van der Waals surface area contributed by atoms with Crippen LogP contribution in [0.4, 0.5) is 0 Å². The second-order valence-corrected chi connectivity index (χ2v) is 4.37. The average Bonchev–Trinajstić information content (AvgIpc) is 2.67. The van der Waals surface area contributed by atoms with Gasteiger partial charge in [-0.25, -0.2) is 4.79 Å². The Labute approximate surface area is 104 Å². The van der Waals surface area contributed by atoms with Crippen LogP contribution in [-0.4, -0.2) is 50.8 Å². The van der Waals surface area contributed by atoms with Gasteiger partial charge in [0.05, 0.1) is 17.9 Å². The van der Waals surface area contributed by atoms with Gasteiger partial charge in [0.1, 0.15) is 5.56 Å². The Kier molecular flexibility index (Phi) is 3.33. The van der Waals surface area contributed by atoms with Gasteiger partial charge in [-0.05, 0) is 6.92 Å². The molecule has 7 nitrogen and oxygen atoms in total. The van der Waals surface area contributed by atoms with Gasteiger partial charge < -0.3 is 10.4 Å².